The molecule has 0 atom stereocenters. The summed E-state index contributed by atoms with van der Waals surface area (Å²) in [5, 5.41) is 10.5. The lowest BCUT2D eigenvalue weighted by atomic mass is 10.1. The third-order valence-electron chi connectivity index (χ3n) is 3.14. The van der Waals surface area contributed by atoms with Crippen molar-refractivity contribution in [3.63, 3.8) is 0 Å². The Morgan fingerprint density at radius 1 is 1.26 bits per heavy atom. The van der Waals surface area contributed by atoms with Gasteiger partial charge < -0.3 is 15.0 Å². The van der Waals surface area contributed by atoms with E-state index >= 15 is 0 Å². The van der Waals surface area contributed by atoms with E-state index in [4.69, 9.17) is 0 Å². The minimum absolute atomic E-state index is 0.106. The molecule has 0 saturated carbocycles. The van der Waals surface area contributed by atoms with E-state index in [2.05, 4.69) is 9.98 Å². The summed E-state index contributed by atoms with van der Waals surface area (Å²) in [6.07, 6.45) is 2.84. The van der Waals surface area contributed by atoms with Gasteiger partial charge in [-0.1, -0.05) is 0 Å². The van der Waals surface area contributed by atoms with Gasteiger partial charge in [-0.05, 0) is 40.2 Å². The standard InChI is InChI=1S/C16H16N4O3/c1-19(2)14-6-4-13(5-7-14)17-10-9-15(21)12-3-8-16(18-11-12)20(22)23/h3-8,10-11H,9H2,1-2H3. The molecule has 1 aromatic heterocycles. The van der Waals surface area contributed by atoms with Crippen molar-refractivity contribution in [2.24, 2.45) is 4.99 Å². The number of Topliss-reactive ketones (excluding diaryl/α,β-unsaturated/α-hetero) is 1. The first-order chi connectivity index (χ1) is 11.0. The van der Waals surface area contributed by atoms with E-state index in [9.17, 15) is 14.9 Å². The maximum absolute atomic E-state index is 12.0. The molecule has 7 nitrogen and oxygen atoms in total. The summed E-state index contributed by atoms with van der Waals surface area (Å²) < 4.78 is 0. The van der Waals surface area contributed by atoms with Crippen molar-refractivity contribution in [1.29, 1.82) is 0 Å². The van der Waals surface area contributed by atoms with Gasteiger partial charge in [0.25, 0.3) is 0 Å². The number of aliphatic imine (C=N–C) groups is 1. The first-order valence-corrected chi connectivity index (χ1v) is 6.91. The van der Waals surface area contributed by atoms with E-state index in [1.165, 1.54) is 24.5 Å². The Bertz CT molecular complexity index is 722. The van der Waals surface area contributed by atoms with Gasteiger partial charge in [0.2, 0.25) is 0 Å². The second-order valence-electron chi connectivity index (χ2n) is 5.01. The van der Waals surface area contributed by atoms with Crippen LogP contribution in [0.2, 0.25) is 0 Å². The summed E-state index contributed by atoms with van der Waals surface area (Å²) in [4.78, 5) is 31.7. The van der Waals surface area contributed by atoms with E-state index in [-0.39, 0.29) is 18.0 Å². The molecule has 7 heteroatoms. The molecule has 2 rings (SSSR count). The molecular weight excluding hydrogens is 296 g/mol. The predicted molar refractivity (Wildman–Crippen MR) is 88.8 cm³/mol. The van der Waals surface area contributed by atoms with Crippen LogP contribution in [-0.2, 0) is 0 Å². The fourth-order valence-electron chi connectivity index (χ4n) is 1.85. The van der Waals surface area contributed by atoms with Crippen LogP contribution in [-0.4, -0.2) is 36.0 Å². The maximum atomic E-state index is 12.0. The van der Waals surface area contributed by atoms with Gasteiger partial charge >= 0.3 is 5.82 Å². The van der Waals surface area contributed by atoms with Gasteiger partial charge in [-0.25, -0.2) is 0 Å². The number of carbonyl (C=O) groups excluding carboxylic acids is 1. The Labute approximate surface area is 133 Å². The molecule has 0 spiro atoms. The Morgan fingerprint density at radius 3 is 2.48 bits per heavy atom. The van der Waals surface area contributed by atoms with Crippen molar-refractivity contribution in [3.05, 3.63) is 58.3 Å². The van der Waals surface area contributed by atoms with E-state index < -0.39 is 4.92 Å². The molecule has 2 aromatic rings. The number of benzene rings is 1. The number of hydrogen-bond acceptors (Lipinski definition) is 6. The van der Waals surface area contributed by atoms with E-state index in [1.807, 2.05) is 43.3 Å². The first kappa shape index (κ1) is 16.3. The van der Waals surface area contributed by atoms with Gasteiger partial charge in [-0.3, -0.25) is 9.79 Å². The fourth-order valence-corrected chi connectivity index (χ4v) is 1.85. The molecule has 1 heterocycles. The number of carbonyl (C=O) groups is 1. The first-order valence-electron chi connectivity index (χ1n) is 6.91. The fraction of sp³-hybridized carbons (Fsp3) is 0.188. The highest BCUT2D eigenvalue weighted by Gasteiger charge is 2.10. The average Bonchev–Trinajstić information content (AvgIpc) is 2.55. The van der Waals surface area contributed by atoms with Crippen LogP contribution in [0.4, 0.5) is 17.2 Å². The normalized spacial score (nSPS) is 10.7. The highest BCUT2D eigenvalue weighted by atomic mass is 16.6. The van der Waals surface area contributed by atoms with Crippen LogP contribution in [0.25, 0.3) is 0 Å². The summed E-state index contributed by atoms with van der Waals surface area (Å²) >= 11 is 0. The zero-order valence-electron chi connectivity index (χ0n) is 12.8. The molecule has 0 aliphatic carbocycles. The third-order valence-corrected chi connectivity index (χ3v) is 3.14. The average molecular weight is 312 g/mol. The molecule has 0 bridgehead atoms. The molecule has 0 aliphatic rings. The highest BCUT2D eigenvalue weighted by molar-refractivity contribution is 6.03. The van der Waals surface area contributed by atoms with Gasteiger partial charge in [0.15, 0.2) is 12.0 Å². The van der Waals surface area contributed by atoms with Gasteiger partial charge in [0.1, 0.15) is 0 Å². The van der Waals surface area contributed by atoms with Gasteiger partial charge in [0, 0.05) is 38.5 Å². The minimum atomic E-state index is -0.604. The number of hydrogen-bond donors (Lipinski definition) is 0. The number of anilines is 1. The molecule has 23 heavy (non-hydrogen) atoms. The van der Waals surface area contributed by atoms with Gasteiger partial charge in [-0.2, -0.15) is 0 Å². The SMILES string of the molecule is CN(C)c1ccc(N=CCC(=O)c2ccc([N+](=O)[O-])nc2)cc1. The summed E-state index contributed by atoms with van der Waals surface area (Å²) in [6.45, 7) is 0. The van der Waals surface area contributed by atoms with E-state index in [0.29, 0.717) is 5.56 Å². The van der Waals surface area contributed by atoms with Gasteiger partial charge in [0.05, 0.1) is 11.3 Å². The lowest BCUT2D eigenvalue weighted by Crippen LogP contribution is -2.07. The lowest BCUT2D eigenvalue weighted by Gasteiger charge is -2.11. The van der Waals surface area contributed by atoms with Crippen LogP contribution in [0.3, 0.4) is 0 Å². The number of nitrogens with zero attached hydrogens (tertiary/aromatic N) is 4. The Kier molecular flexibility index (Phi) is 5.14. The lowest BCUT2D eigenvalue weighted by molar-refractivity contribution is -0.389. The molecule has 0 unspecified atom stereocenters. The Morgan fingerprint density at radius 2 is 1.96 bits per heavy atom. The molecule has 0 fully saturated rings. The van der Waals surface area contributed by atoms with E-state index in [1.54, 1.807) is 0 Å². The topological polar surface area (TPSA) is 88.7 Å². The van der Waals surface area contributed by atoms with Crippen molar-refractivity contribution in [2.45, 2.75) is 6.42 Å². The van der Waals surface area contributed by atoms with Crippen molar-refractivity contribution in [1.82, 2.24) is 4.98 Å². The van der Waals surface area contributed by atoms with Crippen molar-refractivity contribution < 1.29 is 9.72 Å². The Balaban J connectivity index is 1.96. The summed E-state index contributed by atoms with van der Waals surface area (Å²) in [5.41, 5.74) is 2.15. The highest BCUT2D eigenvalue weighted by Crippen LogP contribution is 2.17. The smallest absolute Gasteiger partial charge is 0.363 e. The zero-order chi connectivity index (χ0) is 16.8. The monoisotopic (exact) mass is 312 g/mol. The summed E-state index contributed by atoms with van der Waals surface area (Å²) in [5.74, 6) is -0.475. The molecule has 0 saturated heterocycles. The number of aromatic nitrogens is 1. The minimum Gasteiger partial charge on any atom is -0.378 e. The Hall–Kier alpha value is -3.09. The zero-order valence-corrected chi connectivity index (χ0v) is 12.8. The van der Waals surface area contributed by atoms with Crippen LogP contribution >= 0.6 is 0 Å². The maximum Gasteiger partial charge on any atom is 0.363 e. The molecular formula is C16H16N4O3. The van der Waals surface area contributed by atoms with Crippen LogP contribution < -0.4 is 4.90 Å². The predicted octanol–water partition coefficient (Wildman–Crippen LogP) is 3.03. The number of pyridine rings is 1. The van der Waals surface area contributed by atoms with Crippen molar-refractivity contribution in [2.75, 3.05) is 19.0 Å². The van der Waals surface area contributed by atoms with Crippen LogP contribution in [0.5, 0.6) is 0 Å². The van der Waals surface area contributed by atoms with Gasteiger partial charge in [-0.15, -0.1) is 0 Å². The van der Waals surface area contributed by atoms with E-state index in [0.717, 1.165) is 11.4 Å². The molecule has 0 N–H and O–H groups in total. The molecule has 0 amide bonds. The van der Waals surface area contributed by atoms with Crippen LogP contribution in [0, 0.1) is 10.1 Å². The number of nitro groups is 1. The molecule has 0 radical (unpaired) electrons. The molecule has 1 aromatic carbocycles. The van der Waals surface area contributed by atoms with Crippen LogP contribution in [0.15, 0.2) is 47.6 Å². The molecule has 118 valence electrons. The quantitative estimate of drug-likeness (QED) is 0.354. The number of ketones is 1. The summed E-state index contributed by atoms with van der Waals surface area (Å²) in [7, 11) is 3.91. The second kappa shape index (κ2) is 7.26. The largest absolute Gasteiger partial charge is 0.378 e. The third kappa shape index (κ3) is 4.44. The molecule has 0 aliphatic heterocycles. The van der Waals surface area contributed by atoms with Crippen molar-refractivity contribution in [3.8, 4) is 0 Å². The van der Waals surface area contributed by atoms with Crippen LogP contribution in [0.1, 0.15) is 16.8 Å². The second-order valence-corrected chi connectivity index (χ2v) is 5.01. The summed E-state index contributed by atoms with van der Waals surface area (Å²) in [6, 6.07) is 10.2. The number of rotatable bonds is 6. The van der Waals surface area contributed by atoms with Crippen molar-refractivity contribution >= 4 is 29.2 Å².